The van der Waals surface area contributed by atoms with Crippen molar-refractivity contribution in [3.8, 4) is 0 Å². The van der Waals surface area contributed by atoms with Crippen molar-refractivity contribution in [1.82, 2.24) is 0 Å². The topological polar surface area (TPSA) is 9.23 Å². The van der Waals surface area contributed by atoms with Crippen molar-refractivity contribution in [2.24, 2.45) is 5.92 Å². The largest absolute Gasteiger partial charge is 0.345 e. The van der Waals surface area contributed by atoms with Gasteiger partial charge in [0.15, 0.2) is 0 Å². The number of allylic oxidation sites excluding steroid dienone is 2. The van der Waals surface area contributed by atoms with Gasteiger partial charge in [0.25, 0.3) is 0 Å². The molecule has 2 atom stereocenters. The Morgan fingerprint density at radius 1 is 1.43 bits per heavy atom. The third-order valence-corrected chi connectivity index (χ3v) is 3.31. The second kappa shape index (κ2) is 3.85. The van der Waals surface area contributed by atoms with Crippen molar-refractivity contribution in [1.29, 1.82) is 0 Å². The average Bonchev–Trinajstić information content (AvgIpc) is 2.22. The Morgan fingerprint density at radius 3 is 3.07 bits per heavy atom. The second-order valence-corrected chi connectivity index (χ2v) is 4.13. The molecule has 2 aliphatic rings. The third kappa shape index (κ3) is 1.52. The van der Waals surface area contributed by atoms with Crippen LogP contribution in [-0.2, 0) is 4.74 Å². The first kappa shape index (κ1) is 9.91. The molecule has 0 aromatic heterocycles. The quantitative estimate of drug-likeness (QED) is 0.624. The molecule has 1 nitrogen and oxygen atoms in total. The van der Waals surface area contributed by atoms with Crippen molar-refractivity contribution in [3.63, 3.8) is 0 Å². The molecule has 2 bridgehead atoms. The SMILES string of the molecule is COC1(F)C2=CC=CC1CCCCC2. The number of alkyl halides is 1. The summed E-state index contributed by atoms with van der Waals surface area (Å²) in [5, 5.41) is 0. The molecule has 0 aliphatic heterocycles. The van der Waals surface area contributed by atoms with Crippen molar-refractivity contribution >= 4 is 0 Å². The van der Waals surface area contributed by atoms with Crippen LogP contribution >= 0.6 is 0 Å². The van der Waals surface area contributed by atoms with Crippen LogP contribution in [0, 0.1) is 5.92 Å². The predicted octanol–water partition coefficient (Wildman–Crippen LogP) is 3.38. The van der Waals surface area contributed by atoms with Gasteiger partial charge >= 0.3 is 0 Å². The summed E-state index contributed by atoms with van der Waals surface area (Å²) in [7, 11) is 1.47. The Labute approximate surface area is 84.6 Å². The lowest BCUT2D eigenvalue weighted by Gasteiger charge is -2.36. The molecule has 1 fully saturated rings. The maximum absolute atomic E-state index is 14.5. The van der Waals surface area contributed by atoms with Crippen LogP contribution in [0.15, 0.2) is 23.8 Å². The average molecular weight is 196 g/mol. The maximum Gasteiger partial charge on any atom is 0.237 e. The van der Waals surface area contributed by atoms with E-state index in [9.17, 15) is 4.39 Å². The molecule has 0 N–H and O–H groups in total. The van der Waals surface area contributed by atoms with Gasteiger partial charge in [0.05, 0.1) is 0 Å². The highest BCUT2D eigenvalue weighted by molar-refractivity contribution is 5.28. The monoisotopic (exact) mass is 196 g/mol. The van der Waals surface area contributed by atoms with Crippen molar-refractivity contribution < 1.29 is 9.13 Å². The Morgan fingerprint density at radius 2 is 2.29 bits per heavy atom. The van der Waals surface area contributed by atoms with E-state index in [1.54, 1.807) is 0 Å². The molecule has 0 spiro atoms. The zero-order chi connectivity index (χ0) is 10.0. The second-order valence-electron chi connectivity index (χ2n) is 4.13. The molecule has 78 valence electrons. The van der Waals surface area contributed by atoms with Gasteiger partial charge in [-0.25, -0.2) is 4.39 Å². The number of ether oxygens (including phenoxy) is 1. The van der Waals surface area contributed by atoms with E-state index in [2.05, 4.69) is 0 Å². The molecule has 1 saturated carbocycles. The van der Waals surface area contributed by atoms with E-state index in [1.807, 2.05) is 18.2 Å². The molecule has 2 aliphatic carbocycles. The lowest BCUT2D eigenvalue weighted by atomic mass is 9.80. The fraction of sp³-hybridized carbons (Fsp3) is 0.667. The lowest BCUT2D eigenvalue weighted by Crippen LogP contribution is -2.38. The third-order valence-electron chi connectivity index (χ3n) is 3.31. The Kier molecular flexibility index (Phi) is 2.73. The zero-order valence-corrected chi connectivity index (χ0v) is 8.63. The van der Waals surface area contributed by atoms with E-state index in [-0.39, 0.29) is 5.92 Å². The summed E-state index contributed by atoms with van der Waals surface area (Å²) < 4.78 is 19.6. The molecule has 0 saturated heterocycles. The minimum atomic E-state index is -1.52. The molecule has 2 rings (SSSR count). The smallest absolute Gasteiger partial charge is 0.237 e. The van der Waals surface area contributed by atoms with Crippen LogP contribution in [0.3, 0.4) is 0 Å². The molecule has 2 heteroatoms. The number of halogens is 1. The van der Waals surface area contributed by atoms with E-state index in [0.717, 1.165) is 31.3 Å². The van der Waals surface area contributed by atoms with Gasteiger partial charge < -0.3 is 4.74 Å². The van der Waals surface area contributed by atoms with E-state index >= 15 is 0 Å². The van der Waals surface area contributed by atoms with Crippen LogP contribution in [0.25, 0.3) is 0 Å². The molecule has 2 unspecified atom stereocenters. The van der Waals surface area contributed by atoms with E-state index in [4.69, 9.17) is 4.74 Å². The van der Waals surface area contributed by atoms with E-state index in [1.165, 1.54) is 13.5 Å². The minimum Gasteiger partial charge on any atom is -0.345 e. The molecule has 0 aromatic rings. The summed E-state index contributed by atoms with van der Waals surface area (Å²) in [6.07, 6.45) is 10.9. The van der Waals surface area contributed by atoms with Gasteiger partial charge in [-0.05, 0) is 24.8 Å². The fourth-order valence-electron chi connectivity index (χ4n) is 2.46. The minimum absolute atomic E-state index is 0.0761. The summed E-state index contributed by atoms with van der Waals surface area (Å²) >= 11 is 0. The normalized spacial score (nSPS) is 37.3. The molecule has 0 radical (unpaired) electrons. The highest BCUT2D eigenvalue weighted by atomic mass is 19.2. The molecular weight excluding hydrogens is 179 g/mol. The number of hydrogen-bond donors (Lipinski definition) is 0. The number of hydrogen-bond acceptors (Lipinski definition) is 1. The van der Waals surface area contributed by atoms with Gasteiger partial charge in [-0.1, -0.05) is 31.1 Å². The van der Waals surface area contributed by atoms with Crippen LogP contribution in [0.1, 0.15) is 32.1 Å². The standard InChI is InChI=1S/C12H17FO/c1-14-12(13)10-6-3-2-4-7-11(12)9-5-8-10/h5,8-10H,2-4,6-7H2,1H3. The predicted molar refractivity (Wildman–Crippen MR) is 54.6 cm³/mol. The Hall–Kier alpha value is -0.630. The van der Waals surface area contributed by atoms with Gasteiger partial charge in [0.2, 0.25) is 5.85 Å². The maximum atomic E-state index is 14.5. The molecular formula is C12H17FO. The first-order valence-electron chi connectivity index (χ1n) is 5.39. The first-order valence-corrected chi connectivity index (χ1v) is 5.39. The first-order chi connectivity index (χ1) is 6.77. The number of fused-ring (bicyclic) bond motifs is 2. The Bertz CT molecular complexity index is 269. The van der Waals surface area contributed by atoms with Gasteiger partial charge in [-0.15, -0.1) is 0 Å². The zero-order valence-electron chi connectivity index (χ0n) is 8.63. The fourth-order valence-corrected chi connectivity index (χ4v) is 2.46. The molecule has 14 heavy (non-hydrogen) atoms. The van der Waals surface area contributed by atoms with Crippen LogP contribution in [0.4, 0.5) is 4.39 Å². The molecule has 0 aromatic carbocycles. The van der Waals surface area contributed by atoms with Crippen LogP contribution in [0.2, 0.25) is 0 Å². The van der Waals surface area contributed by atoms with Crippen molar-refractivity contribution in [2.45, 2.75) is 38.0 Å². The Balaban J connectivity index is 2.30. The highest BCUT2D eigenvalue weighted by Gasteiger charge is 2.42. The van der Waals surface area contributed by atoms with Crippen LogP contribution in [-0.4, -0.2) is 13.0 Å². The highest BCUT2D eigenvalue weighted by Crippen LogP contribution is 2.42. The van der Waals surface area contributed by atoms with Crippen molar-refractivity contribution in [3.05, 3.63) is 23.8 Å². The van der Waals surface area contributed by atoms with Gasteiger partial charge in [0, 0.05) is 13.0 Å². The molecule has 0 heterocycles. The van der Waals surface area contributed by atoms with Gasteiger partial charge in [-0.2, -0.15) is 0 Å². The summed E-state index contributed by atoms with van der Waals surface area (Å²) in [4.78, 5) is 0. The van der Waals surface area contributed by atoms with Gasteiger partial charge in [0.1, 0.15) is 0 Å². The summed E-state index contributed by atoms with van der Waals surface area (Å²) in [6, 6.07) is 0. The number of rotatable bonds is 1. The van der Waals surface area contributed by atoms with Crippen LogP contribution < -0.4 is 0 Å². The summed E-state index contributed by atoms with van der Waals surface area (Å²) in [6.45, 7) is 0. The lowest BCUT2D eigenvalue weighted by molar-refractivity contribution is -0.126. The van der Waals surface area contributed by atoms with Crippen molar-refractivity contribution in [2.75, 3.05) is 7.11 Å². The van der Waals surface area contributed by atoms with E-state index in [0.29, 0.717) is 0 Å². The molecule has 0 amide bonds. The van der Waals surface area contributed by atoms with Gasteiger partial charge in [-0.3, -0.25) is 0 Å². The van der Waals surface area contributed by atoms with E-state index < -0.39 is 5.85 Å². The number of methoxy groups -OCH3 is 1. The van der Waals surface area contributed by atoms with Crippen LogP contribution in [0.5, 0.6) is 0 Å². The summed E-state index contributed by atoms with van der Waals surface area (Å²) in [5.74, 6) is -1.59. The summed E-state index contributed by atoms with van der Waals surface area (Å²) in [5.41, 5.74) is 0.826.